The second kappa shape index (κ2) is 6.44. The van der Waals surface area contributed by atoms with E-state index in [2.05, 4.69) is 15.9 Å². The highest BCUT2D eigenvalue weighted by atomic mass is 79.9. The predicted octanol–water partition coefficient (Wildman–Crippen LogP) is 4.55. The van der Waals surface area contributed by atoms with Crippen molar-refractivity contribution in [1.82, 2.24) is 0 Å². The fourth-order valence-corrected chi connectivity index (χ4v) is 2.70. The summed E-state index contributed by atoms with van der Waals surface area (Å²) in [7, 11) is 1.62. The van der Waals surface area contributed by atoms with Gasteiger partial charge in [0.1, 0.15) is 11.5 Å². The molecule has 0 aliphatic carbocycles. The number of carbonyl (C=O) groups excluding carboxylic acids is 1. The highest BCUT2D eigenvalue weighted by molar-refractivity contribution is 9.10. The number of hydrogen-bond acceptors (Lipinski definition) is 2. The number of carbonyl (C=O) groups is 1. The molecule has 0 saturated carbocycles. The molecule has 2 aromatic carbocycles. The van der Waals surface area contributed by atoms with Crippen molar-refractivity contribution in [2.24, 2.45) is 0 Å². The van der Waals surface area contributed by atoms with Crippen molar-refractivity contribution in [2.45, 2.75) is 25.7 Å². The smallest absolute Gasteiger partial charge is 0.147 e. The Kier molecular flexibility index (Phi) is 4.84. The van der Waals surface area contributed by atoms with Crippen LogP contribution in [-0.2, 0) is 16.6 Å². The highest BCUT2D eigenvalue weighted by Gasteiger charge is 2.29. The molecule has 21 heavy (non-hydrogen) atoms. The largest absolute Gasteiger partial charge is 0.496 e. The van der Waals surface area contributed by atoms with Crippen LogP contribution in [0.1, 0.15) is 25.0 Å². The van der Waals surface area contributed by atoms with E-state index in [1.807, 2.05) is 62.4 Å². The first-order chi connectivity index (χ1) is 9.95. The minimum absolute atomic E-state index is 0.171. The summed E-state index contributed by atoms with van der Waals surface area (Å²) in [5.74, 6) is 0.917. The molecule has 0 saturated heterocycles. The van der Waals surface area contributed by atoms with Gasteiger partial charge in [0.25, 0.3) is 0 Å². The van der Waals surface area contributed by atoms with Crippen LogP contribution in [0.3, 0.4) is 0 Å². The molecule has 0 spiro atoms. The van der Waals surface area contributed by atoms with E-state index in [1.54, 1.807) is 7.11 Å². The molecule has 2 aromatic rings. The fraction of sp³-hybridized carbons (Fsp3) is 0.278. The average molecular weight is 347 g/mol. The lowest BCUT2D eigenvalue weighted by Crippen LogP contribution is -2.30. The lowest BCUT2D eigenvalue weighted by atomic mass is 9.78. The zero-order valence-electron chi connectivity index (χ0n) is 12.5. The second-order valence-corrected chi connectivity index (χ2v) is 6.46. The molecular formula is C18H19BrO2. The first-order valence-electron chi connectivity index (χ1n) is 6.86. The summed E-state index contributed by atoms with van der Waals surface area (Å²) in [5, 5.41) is 0. The Labute approximate surface area is 134 Å². The van der Waals surface area contributed by atoms with Crippen LogP contribution in [0.5, 0.6) is 5.75 Å². The van der Waals surface area contributed by atoms with Crippen molar-refractivity contribution in [3.8, 4) is 5.75 Å². The molecule has 3 heteroatoms. The maximum Gasteiger partial charge on any atom is 0.147 e. The SMILES string of the molecule is COc1ccc(Br)cc1CC(=O)C(C)(C)c1ccccc1. The molecule has 0 atom stereocenters. The number of rotatable bonds is 5. The van der Waals surface area contributed by atoms with Gasteiger partial charge in [-0.3, -0.25) is 4.79 Å². The number of Topliss-reactive ketones (excluding diaryl/α,β-unsaturated/α-hetero) is 1. The van der Waals surface area contributed by atoms with E-state index in [9.17, 15) is 4.79 Å². The quantitative estimate of drug-likeness (QED) is 0.793. The number of ketones is 1. The number of methoxy groups -OCH3 is 1. The minimum Gasteiger partial charge on any atom is -0.496 e. The summed E-state index contributed by atoms with van der Waals surface area (Å²) < 4.78 is 6.29. The molecule has 2 nitrogen and oxygen atoms in total. The first kappa shape index (κ1) is 15.8. The maximum absolute atomic E-state index is 12.7. The van der Waals surface area contributed by atoms with E-state index < -0.39 is 5.41 Å². The molecule has 0 amide bonds. The Morgan fingerprint density at radius 2 is 1.81 bits per heavy atom. The zero-order valence-corrected chi connectivity index (χ0v) is 14.1. The third-order valence-electron chi connectivity index (χ3n) is 3.79. The lowest BCUT2D eigenvalue weighted by Gasteiger charge is -2.24. The Balaban J connectivity index is 2.27. The van der Waals surface area contributed by atoms with Crippen LogP contribution in [-0.4, -0.2) is 12.9 Å². The van der Waals surface area contributed by atoms with Crippen molar-refractivity contribution in [3.05, 3.63) is 64.1 Å². The summed E-state index contributed by atoms with van der Waals surface area (Å²) in [6, 6.07) is 15.6. The number of halogens is 1. The van der Waals surface area contributed by atoms with Gasteiger partial charge in [0.15, 0.2) is 0 Å². The van der Waals surface area contributed by atoms with Gasteiger partial charge >= 0.3 is 0 Å². The molecule has 0 aliphatic rings. The Morgan fingerprint density at radius 3 is 2.43 bits per heavy atom. The highest BCUT2D eigenvalue weighted by Crippen LogP contribution is 2.29. The van der Waals surface area contributed by atoms with Gasteiger partial charge in [-0.1, -0.05) is 46.3 Å². The minimum atomic E-state index is -0.519. The molecule has 0 heterocycles. The maximum atomic E-state index is 12.7. The third kappa shape index (κ3) is 3.53. The number of benzene rings is 2. The monoisotopic (exact) mass is 346 g/mol. The predicted molar refractivity (Wildman–Crippen MR) is 88.9 cm³/mol. The van der Waals surface area contributed by atoms with E-state index in [0.717, 1.165) is 21.3 Å². The van der Waals surface area contributed by atoms with Crippen LogP contribution < -0.4 is 4.74 Å². The van der Waals surface area contributed by atoms with Crippen molar-refractivity contribution in [3.63, 3.8) is 0 Å². The molecule has 0 aliphatic heterocycles. The van der Waals surface area contributed by atoms with Crippen LogP contribution >= 0.6 is 15.9 Å². The van der Waals surface area contributed by atoms with Gasteiger partial charge < -0.3 is 4.74 Å². The van der Waals surface area contributed by atoms with Gasteiger partial charge in [0, 0.05) is 21.9 Å². The summed E-state index contributed by atoms with van der Waals surface area (Å²) in [6.07, 6.45) is 0.352. The Hall–Kier alpha value is -1.61. The summed E-state index contributed by atoms with van der Waals surface area (Å²) in [6.45, 7) is 3.93. The summed E-state index contributed by atoms with van der Waals surface area (Å²) in [4.78, 5) is 12.7. The molecule has 0 radical (unpaired) electrons. The van der Waals surface area contributed by atoms with E-state index in [1.165, 1.54) is 0 Å². The van der Waals surface area contributed by atoms with Crippen LogP contribution in [0, 0.1) is 0 Å². The molecule has 0 bridgehead atoms. The van der Waals surface area contributed by atoms with Crippen molar-refractivity contribution in [1.29, 1.82) is 0 Å². The fourth-order valence-electron chi connectivity index (χ4n) is 2.30. The molecule has 0 N–H and O–H groups in total. The molecule has 110 valence electrons. The topological polar surface area (TPSA) is 26.3 Å². The van der Waals surface area contributed by atoms with Gasteiger partial charge in [-0.05, 0) is 37.6 Å². The standard InChI is InChI=1S/C18H19BrO2/c1-18(2,14-7-5-4-6-8-14)17(20)12-13-11-15(19)9-10-16(13)21-3/h4-11H,12H2,1-3H3. The van der Waals surface area contributed by atoms with Gasteiger partial charge in [0.05, 0.1) is 7.11 Å². The molecule has 2 rings (SSSR count). The van der Waals surface area contributed by atoms with Gasteiger partial charge in [0.2, 0.25) is 0 Å². The normalized spacial score (nSPS) is 11.2. The molecular weight excluding hydrogens is 328 g/mol. The number of ether oxygens (including phenoxy) is 1. The van der Waals surface area contributed by atoms with E-state index >= 15 is 0 Å². The van der Waals surface area contributed by atoms with Crippen LogP contribution in [0.15, 0.2) is 53.0 Å². The first-order valence-corrected chi connectivity index (χ1v) is 7.65. The van der Waals surface area contributed by atoms with Crippen molar-refractivity contribution >= 4 is 21.7 Å². The number of hydrogen-bond donors (Lipinski definition) is 0. The van der Waals surface area contributed by atoms with Gasteiger partial charge in [-0.25, -0.2) is 0 Å². The molecule has 0 unspecified atom stereocenters. The summed E-state index contributed by atoms with van der Waals surface area (Å²) in [5.41, 5.74) is 1.42. The van der Waals surface area contributed by atoms with Crippen LogP contribution in [0.4, 0.5) is 0 Å². The second-order valence-electron chi connectivity index (χ2n) is 5.55. The zero-order chi connectivity index (χ0) is 15.5. The molecule has 0 fully saturated rings. The van der Waals surface area contributed by atoms with Crippen LogP contribution in [0.25, 0.3) is 0 Å². The van der Waals surface area contributed by atoms with E-state index in [0.29, 0.717) is 6.42 Å². The van der Waals surface area contributed by atoms with Crippen molar-refractivity contribution in [2.75, 3.05) is 7.11 Å². The van der Waals surface area contributed by atoms with E-state index in [-0.39, 0.29) is 5.78 Å². The van der Waals surface area contributed by atoms with E-state index in [4.69, 9.17) is 4.74 Å². The Morgan fingerprint density at radius 1 is 1.14 bits per heavy atom. The average Bonchev–Trinajstić information content (AvgIpc) is 2.48. The van der Waals surface area contributed by atoms with Crippen LogP contribution in [0.2, 0.25) is 0 Å². The third-order valence-corrected chi connectivity index (χ3v) is 4.28. The summed E-state index contributed by atoms with van der Waals surface area (Å²) >= 11 is 3.44. The van der Waals surface area contributed by atoms with Gasteiger partial charge in [-0.2, -0.15) is 0 Å². The lowest BCUT2D eigenvalue weighted by molar-refractivity contribution is -0.122. The van der Waals surface area contributed by atoms with Gasteiger partial charge in [-0.15, -0.1) is 0 Å². The molecule has 0 aromatic heterocycles. The van der Waals surface area contributed by atoms with Crippen molar-refractivity contribution < 1.29 is 9.53 Å². The Bertz CT molecular complexity index is 633.